The molecule has 0 spiro atoms. The van der Waals surface area contributed by atoms with E-state index in [2.05, 4.69) is 5.32 Å². The van der Waals surface area contributed by atoms with E-state index in [9.17, 15) is 9.59 Å². The summed E-state index contributed by atoms with van der Waals surface area (Å²) in [4.78, 5) is 24.8. The smallest absolute Gasteiger partial charge is 0.317 e. The van der Waals surface area contributed by atoms with Crippen molar-refractivity contribution in [2.45, 2.75) is 19.8 Å². The van der Waals surface area contributed by atoms with Crippen molar-refractivity contribution in [3.8, 4) is 0 Å². The number of aryl methyl sites for hydroxylation is 1. The first-order chi connectivity index (χ1) is 9.58. The van der Waals surface area contributed by atoms with Gasteiger partial charge in [-0.1, -0.05) is 0 Å². The van der Waals surface area contributed by atoms with Crippen molar-refractivity contribution in [3.63, 3.8) is 0 Å². The van der Waals surface area contributed by atoms with E-state index >= 15 is 0 Å². The number of aliphatic carboxylic acids is 1. The van der Waals surface area contributed by atoms with Crippen molar-refractivity contribution >= 4 is 23.2 Å². The normalized spacial score (nSPS) is 19.1. The molecule has 1 aromatic heterocycles. The summed E-state index contributed by atoms with van der Waals surface area (Å²) < 4.78 is 0. The van der Waals surface area contributed by atoms with Crippen LogP contribution < -0.4 is 5.32 Å². The van der Waals surface area contributed by atoms with Crippen LogP contribution in [0.1, 0.15) is 28.8 Å². The van der Waals surface area contributed by atoms with Crippen LogP contribution in [0.3, 0.4) is 0 Å². The largest absolute Gasteiger partial charge is 0.480 e. The highest BCUT2D eigenvalue weighted by Gasteiger charge is 2.25. The number of hydrogen-bond donors (Lipinski definition) is 2. The Morgan fingerprint density at radius 1 is 1.50 bits per heavy atom. The fourth-order valence-corrected chi connectivity index (χ4v) is 3.37. The maximum absolute atomic E-state index is 12.4. The highest BCUT2D eigenvalue weighted by molar-refractivity contribution is 7.08. The molecule has 1 aliphatic heterocycles. The van der Waals surface area contributed by atoms with Gasteiger partial charge in [-0.3, -0.25) is 9.59 Å². The van der Waals surface area contributed by atoms with E-state index in [0.29, 0.717) is 19.0 Å². The van der Waals surface area contributed by atoms with E-state index in [1.165, 1.54) is 0 Å². The number of nitrogens with zero attached hydrogens (tertiary/aromatic N) is 1. The summed E-state index contributed by atoms with van der Waals surface area (Å²) in [5.74, 6) is -0.402. The first-order valence-corrected chi connectivity index (χ1v) is 7.76. The molecule has 0 aromatic carbocycles. The van der Waals surface area contributed by atoms with Crippen molar-refractivity contribution in [2.24, 2.45) is 5.92 Å². The average Bonchev–Trinajstić information content (AvgIpc) is 2.84. The maximum atomic E-state index is 12.4. The molecule has 1 amide bonds. The predicted molar refractivity (Wildman–Crippen MR) is 78.2 cm³/mol. The Morgan fingerprint density at radius 2 is 2.30 bits per heavy atom. The molecule has 0 aliphatic carbocycles. The molecular formula is C14H20N2O3S. The van der Waals surface area contributed by atoms with Gasteiger partial charge in [-0.05, 0) is 36.6 Å². The molecule has 1 fully saturated rings. The molecule has 1 aromatic rings. The van der Waals surface area contributed by atoms with Crippen LogP contribution >= 0.6 is 11.3 Å². The molecule has 1 unspecified atom stereocenters. The van der Waals surface area contributed by atoms with Gasteiger partial charge in [0.25, 0.3) is 5.91 Å². The van der Waals surface area contributed by atoms with Crippen LogP contribution in [0.25, 0.3) is 0 Å². The monoisotopic (exact) mass is 296 g/mol. The number of carbonyl (C=O) groups excluding carboxylic acids is 1. The number of amides is 1. The fraction of sp³-hybridized carbons (Fsp3) is 0.571. The highest BCUT2D eigenvalue weighted by atomic mass is 32.1. The highest BCUT2D eigenvalue weighted by Crippen LogP contribution is 2.21. The second-order valence-corrected chi connectivity index (χ2v) is 6.00. The van der Waals surface area contributed by atoms with Gasteiger partial charge in [0.2, 0.25) is 0 Å². The second-order valence-electron chi connectivity index (χ2n) is 5.25. The van der Waals surface area contributed by atoms with E-state index in [1.54, 1.807) is 11.3 Å². The number of piperidine rings is 1. The molecule has 1 saturated heterocycles. The number of carboxylic acid groups (broad SMARTS) is 1. The van der Waals surface area contributed by atoms with E-state index in [-0.39, 0.29) is 12.5 Å². The average molecular weight is 296 g/mol. The molecule has 110 valence electrons. The fourth-order valence-electron chi connectivity index (χ4n) is 2.55. The third-order valence-electron chi connectivity index (χ3n) is 3.60. The Morgan fingerprint density at radius 3 is 2.95 bits per heavy atom. The lowest BCUT2D eigenvalue weighted by Crippen LogP contribution is -2.43. The van der Waals surface area contributed by atoms with Crippen LogP contribution in [-0.2, 0) is 4.79 Å². The summed E-state index contributed by atoms with van der Waals surface area (Å²) in [6.45, 7) is 4.09. The number of likely N-dealkylation sites (tertiary alicyclic amines) is 1. The zero-order chi connectivity index (χ0) is 14.5. The summed E-state index contributed by atoms with van der Waals surface area (Å²) in [5.41, 5.74) is 1.83. The van der Waals surface area contributed by atoms with Gasteiger partial charge in [0.1, 0.15) is 0 Å². The molecule has 2 heterocycles. The van der Waals surface area contributed by atoms with E-state index in [0.717, 1.165) is 30.5 Å². The Labute approximate surface area is 122 Å². The SMILES string of the molecule is Cc1cscc1C(=O)N1CCCC(CNCC(=O)O)C1. The van der Waals surface area contributed by atoms with E-state index in [1.807, 2.05) is 22.6 Å². The minimum absolute atomic E-state index is 0.0198. The summed E-state index contributed by atoms with van der Waals surface area (Å²) in [6, 6.07) is 0. The number of nitrogens with one attached hydrogen (secondary N) is 1. The maximum Gasteiger partial charge on any atom is 0.317 e. The third kappa shape index (κ3) is 3.80. The van der Waals surface area contributed by atoms with Crippen LogP contribution in [0.15, 0.2) is 10.8 Å². The zero-order valence-corrected chi connectivity index (χ0v) is 12.4. The van der Waals surface area contributed by atoms with Gasteiger partial charge in [0, 0.05) is 25.0 Å². The number of thiophene rings is 1. The lowest BCUT2D eigenvalue weighted by Gasteiger charge is -2.33. The molecule has 2 N–H and O–H groups in total. The van der Waals surface area contributed by atoms with Crippen molar-refractivity contribution in [1.82, 2.24) is 10.2 Å². The Bertz CT molecular complexity index is 487. The first-order valence-electron chi connectivity index (χ1n) is 6.82. The minimum atomic E-state index is -0.845. The van der Waals surface area contributed by atoms with Gasteiger partial charge in [-0.25, -0.2) is 0 Å². The van der Waals surface area contributed by atoms with Crippen LogP contribution in [-0.4, -0.2) is 48.1 Å². The Kier molecular flexibility index (Phi) is 5.14. The molecule has 2 rings (SSSR count). The van der Waals surface area contributed by atoms with Gasteiger partial charge in [0.05, 0.1) is 12.1 Å². The Balaban J connectivity index is 1.88. The van der Waals surface area contributed by atoms with Crippen molar-refractivity contribution in [2.75, 3.05) is 26.2 Å². The number of hydrogen-bond acceptors (Lipinski definition) is 4. The Hall–Kier alpha value is -1.40. The van der Waals surface area contributed by atoms with Crippen molar-refractivity contribution in [1.29, 1.82) is 0 Å². The molecule has 6 heteroatoms. The van der Waals surface area contributed by atoms with Crippen LogP contribution in [0.2, 0.25) is 0 Å². The number of carbonyl (C=O) groups is 2. The molecule has 1 atom stereocenters. The van der Waals surface area contributed by atoms with Gasteiger partial charge in [-0.2, -0.15) is 11.3 Å². The van der Waals surface area contributed by atoms with Crippen molar-refractivity contribution < 1.29 is 14.7 Å². The molecule has 1 aliphatic rings. The summed E-state index contributed by atoms with van der Waals surface area (Å²) in [6.07, 6.45) is 2.02. The van der Waals surface area contributed by atoms with Crippen LogP contribution in [0, 0.1) is 12.8 Å². The summed E-state index contributed by atoms with van der Waals surface area (Å²) in [5, 5.41) is 15.4. The molecular weight excluding hydrogens is 276 g/mol. The van der Waals surface area contributed by atoms with Crippen molar-refractivity contribution in [3.05, 3.63) is 21.9 Å². The summed E-state index contributed by atoms with van der Waals surface area (Å²) in [7, 11) is 0. The van der Waals surface area contributed by atoms with E-state index < -0.39 is 5.97 Å². The first kappa shape index (κ1) is 15.0. The topological polar surface area (TPSA) is 69.6 Å². The zero-order valence-electron chi connectivity index (χ0n) is 11.6. The van der Waals surface area contributed by atoms with Gasteiger partial charge < -0.3 is 15.3 Å². The van der Waals surface area contributed by atoms with Gasteiger partial charge >= 0.3 is 5.97 Å². The standard InChI is InChI=1S/C14H20N2O3S/c1-10-8-20-9-12(10)14(19)16-4-2-3-11(7-16)5-15-6-13(17)18/h8-9,11,15H,2-7H2,1H3,(H,17,18). The lowest BCUT2D eigenvalue weighted by atomic mass is 9.97. The van der Waals surface area contributed by atoms with E-state index in [4.69, 9.17) is 5.11 Å². The lowest BCUT2D eigenvalue weighted by molar-refractivity contribution is -0.136. The van der Waals surface area contributed by atoms with Gasteiger partial charge in [-0.15, -0.1) is 0 Å². The molecule has 0 saturated carbocycles. The molecule has 0 radical (unpaired) electrons. The number of carboxylic acids is 1. The third-order valence-corrected chi connectivity index (χ3v) is 4.46. The molecule has 0 bridgehead atoms. The van der Waals surface area contributed by atoms with Crippen LogP contribution in [0.5, 0.6) is 0 Å². The van der Waals surface area contributed by atoms with Gasteiger partial charge in [0.15, 0.2) is 0 Å². The number of rotatable bonds is 5. The van der Waals surface area contributed by atoms with Crippen LogP contribution in [0.4, 0.5) is 0 Å². The second kappa shape index (κ2) is 6.85. The molecule has 5 nitrogen and oxygen atoms in total. The quantitative estimate of drug-likeness (QED) is 0.865. The summed E-state index contributed by atoms with van der Waals surface area (Å²) >= 11 is 1.55. The molecule has 20 heavy (non-hydrogen) atoms. The predicted octanol–water partition coefficient (Wildman–Crippen LogP) is 1.58. The minimum Gasteiger partial charge on any atom is -0.480 e.